The number of hydrogen-bond donors (Lipinski definition) is 1. The van der Waals surface area contributed by atoms with Gasteiger partial charge >= 0.3 is 0 Å². The Morgan fingerprint density at radius 2 is 1.67 bits per heavy atom. The third-order valence-electron chi connectivity index (χ3n) is 3.35. The van der Waals surface area contributed by atoms with Gasteiger partial charge in [-0.15, -0.1) is 0 Å². The predicted molar refractivity (Wildman–Crippen MR) is 79.2 cm³/mol. The molecule has 0 unspecified atom stereocenters. The standard InChI is InChI=1S/C14H9N3O4/c1-2-8-5-10(17(20)21)7-12-11-6-9(16(18)19)3-4-13(11)15-14(8)12/h2-7,15H,1H2. The van der Waals surface area contributed by atoms with Crippen molar-refractivity contribution in [2.24, 2.45) is 0 Å². The molecule has 1 N–H and O–H groups in total. The third kappa shape index (κ3) is 1.91. The van der Waals surface area contributed by atoms with Gasteiger partial charge in [0.25, 0.3) is 11.4 Å². The monoisotopic (exact) mass is 283 g/mol. The number of benzene rings is 2. The van der Waals surface area contributed by atoms with Crippen molar-refractivity contribution in [3.05, 3.63) is 62.7 Å². The fourth-order valence-corrected chi connectivity index (χ4v) is 2.38. The van der Waals surface area contributed by atoms with E-state index in [1.807, 2.05) is 0 Å². The Hall–Kier alpha value is -3.22. The van der Waals surface area contributed by atoms with Gasteiger partial charge in [0.2, 0.25) is 0 Å². The average Bonchev–Trinajstić information content (AvgIpc) is 2.83. The molecule has 0 atom stereocenters. The van der Waals surface area contributed by atoms with Crippen LogP contribution in [0.25, 0.3) is 27.9 Å². The Balaban J connectivity index is 2.46. The Morgan fingerprint density at radius 1 is 1.00 bits per heavy atom. The maximum atomic E-state index is 11.0. The van der Waals surface area contributed by atoms with Gasteiger partial charge in [0.1, 0.15) is 0 Å². The summed E-state index contributed by atoms with van der Waals surface area (Å²) in [5, 5.41) is 23.0. The highest BCUT2D eigenvalue weighted by Gasteiger charge is 2.16. The average molecular weight is 283 g/mol. The Bertz CT molecular complexity index is 927. The van der Waals surface area contributed by atoms with Crippen LogP contribution in [0.5, 0.6) is 0 Å². The number of hydrogen-bond acceptors (Lipinski definition) is 4. The summed E-state index contributed by atoms with van der Waals surface area (Å²) in [6.07, 6.45) is 1.51. The van der Waals surface area contributed by atoms with Crippen molar-refractivity contribution in [2.45, 2.75) is 0 Å². The van der Waals surface area contributed by atoms with Crippen LogP contribution >= 0.6 is 0 Å². The van der Waals surface area contributed by atoms with Crippen LogP contribution in [-0.4, -0.2) is 14.8 Å². The summed E-state index contributed by atoms with van der Waals surface area (Å²) >= 11 is 0. The molecule has 0 fully saturated rings. The second-order valence-corrected chi connectivity index (χ2v) is 4.53. The molecule has 0 saturated heterocycles. The SMILES string of the molecule is C=Cc1cc([N+](=O)[O-])cc2c1[nH]c1ccc([N+](=O)[O-])cc12. The summed E-state index contributed by atoms with van der Waals surface area (Å²) in [5.74, 6) is 0. The number of nitrogens with one attached hydrogen (secondary N) is 1. The highest BCUT2D eigenvalue weighted by Crippen LogP contribution is 2.33. The second-order valence-electron chi connectivity index (χ2n) is 4.53. The first-order valence-electron chi connectivity index (χ1n) is 6.02. The lowest BCUT2D eigenvalue weighted by Crippen LogP contribution is -1.89. The predicted octanol–water partition coefficient (Wildman–Crippen LogP) is 3.78. The van der Waals surface area contributed by atoms with Crippen molar-refractivity contribution in [1.29, 1.82) is 0 Å². The van der Waals surface area contributed by atoms with Gasteiger partial charge < -0.3 is 4.98 Å². The van der Waals surface area contributed by atoms with Gasteiger partial charge in [-0.2, -0.15) is 0 Å². The molecule has 1 aromatic heterocycles. The molecule has 7 heteroatoms. The minimum Gasteiger partial charge on any atom is -0.354 e. The Labute approximate surface area is 117 Å². The molecule has 0 bridgehead atoms. The number of nitrogens with zero attached hydrogens (tertiary/aromatic N) is 2. The number of aromatic nitrogens is 1. The van der Waals surface area contributed by atoms with E-state index in [4.69, 9.17) is 0 Å². The normalized spacial score (nSPS) is 10.9. The Morgan fingerprint density at radius 3 is 2.29 bits per heavy atom. The van der Waals surface area contributed by atoms with Crippen molar-refractivity contribution in [2.75, 3.05) is 0 Å². The van der Waals surface area contributed by atoms with E-state index in [1.54, 1.807) is 6.07 Å². The zero-order chi connectivity index (χ0) is 15.1. The summed E-state index contributed by atoms with van der Waals surface area (Å²) in [6, 6.07) is 7.21. The van der Waals surface area contributed by atoms with Gasteiger partial charge in [-0.05, 0) is 6.07 Å². The van der Waals surface area contributed by atoms with Crippen LogP contribution in [0.3, 0.4) is 0 Å². The number of nitro benzene ring substituents is 2. The molecular weight excluding hydrogens is 274 g/mol. The minimum absolute atomic E-state index is 0.0601. The molecule has 104 valence electrons. The molecule has 21 heavy (non-hydrogen) atoms. The number of non-ortho nitro benzene ring substituents is 2. The molecule has 1 heterocycles. The van der Waals surface area contributed by atoms with Crippen molar-refractivity contribution in [3.8, 4) is 0 Å². The Kier molecular flexibility index (Phi) is 2.69. The summed E-state index contributed by atoms with van der Waals surface area (Å²) in [6.45, 7) is 3.65. The zero-order valence-electron chi connectivity index (χ0n) is 10.7. The van der Waals surface area contributed by atoms with E-state index >= 15 is 0 Å². The minimum atomic E-state index is -0.497. The maximum absolute atomic E-state index is 11.0. The van der Waals surface area contributed by atoms with E-state index in [2.05, 4.69) is 11.6 Å². The topological polar surface area (TPSA) is 102 Å². The van der Waals surface area contributed by atoms with E-state index in [-0.39, 0.29) is 11.4 Å². The first kappa shape index (κ1) is 12.8. The lowest BCUT2D eigenvalue weighted by molar-refractivity contribution is -0.385. The number of nitro groups is 2. The first-order valence-corrected chi connectivity index (χ1v) is 6.02. The second kappa shape index (κ2) is 4.41. The number of fused-ring (bicyclic) bond motifs is 3. The summed E-state index contributed by atoms with van der Waals surface area (Å²) < 4.78 is 0. The zero-order valence-corrected chi connectivity index (χ0v) is 10.7. The van der Waals surface area contributed by atoms with Crippen LogP contribution in [0.1, 0.15) is 5.56 Å². The molecule has 0 amide bonds. The quantitative estimate of drug-likeness (QED) is 0.583. The van der Waals surface area contributed by atoms with Gasteiger partial charge in [-0.25, -0.2) is 0 Å². The fourth-order valence-electron chi connectivity index (χ4n) is 2.38. The third-order valence-corrected chi connectivity index (χ3v) is 3.35. The molecular formula is C14H9N3O4. The van der Waals surface area contributed by atoms with Crippen LogP contribution in [0, 0.1) is 20.2 Å². The smallest absolute Gasteiger partial charge is 0.270 e. The van der Waals surface area contributed by atoms with E-state index in [0.29, 0.717) is 27.4 Å². The molecule has 0 spiro atoms. The van der Waals surface area contributed by atoms with Crippen molar-refractivity contribution in [3.63, 3.8) is 0 Å². The molecule has 2 aromatic carbocycles. The molecule has 0 radical (unpaired) electrons. The van der Waals surface area contributed by atoms with Crippen molar-refractivity contribution < 1.29 is 9.85 Å². The van der Waals surface area contributed by atoms with E-state index < -0.39 is 9.85 Å². The van der Waals surface area contributed by atoms with E-state index in [9.17, 15) is 20.2 Å². The molecule has 0 saturated carbocycles. The highest BCUT2D eigenvalue weighted by atomic mass is 16.6. The number of rotatable bonds is 3. The van der Waals surface area contributed by atoms with Crippen molar-refractivity contribution in [1.82, 2.24) is 4.98 Å². The number of aromatic amines is 1. The van der Waals surface area contributed by atoms with Gasteiger partial charge in [-0.3, -0.25) is 20.2 Å². The molecule has 0 aliphatic carbocycles. The lowest BCUT2D eigenvalue weighted by atomic mass is 10.1. The first-order chi connectivity index (χ1) is 10.0. The van der Waals surface area contributed by atoms with Crippen LogP contribution in [0.2, 0.25) is 0 Å². The highest BCUT2D eigenvalue weighted by molar-refractivity contribution is 6.11. The van der Waals surface area contributed by atoms with Gasteiger partial charge in [-0.1, -0.05) is 12.7 Å². The van der Waals surface area contributed by atoms with E-state index in [0.717, 1.165) is 0 Å². The van der Waals surface area contributed by atoms with Crippen molar-refractivity contribution >= 4 is 39.3 Å². The maximum Gasteiger partial charge on any atom is 0.270 e. The summed E-state index contributed by atoms with van der Waals surface area (Å²) in [5.41, 5.74) is 1.79. The van der Waals surface area contributed by atoms with Gasteiger partial charge in [0.05, 0.1) is 15.4 Å². The van der Waals surface area contributed by atoms with Crippen LogP contribution in [0.15, 0.2) is 36.9 Å². The fraction of sp³-hybridized carbons (Fsp3) is 0. The number of H-pyrrole nitrogens is 1. The van der Waals surface area contributed by atoms with Gasteiger partial charge in [0.15, 0.2) is 0 Å². The van der Waals surface area contributed by atoms with Crippen LogP contribution in [0.4, 0.5) is 11.4 Å². The molecule has 0 aliphatic heterocycles. The van der Waals surface area contributed by atoms with Gasteiger partial charge in [0, 0.05) is 46.1 Å². The molecule has 7 nitrogen and oxygen atoms in total. The molecule has 3 aromatic rings. The van der Waals surface area contributed by atoms with E-state index in [1.165, 1.54) is 30.3 Å². The lowest BCUT2D eigenvalue weighted by Gasteiger charge is -1.98. The molecule has 3 rings (SSSR count). The summed E-state index contributed by atoms with van der Waals surface area (Å²) in [7, 11) is 0. The molecule has 0 aliphatic rings. The van der Waals surface area contributed by atoms with Crippen LogP contribution < -0.4 is 0 Å². The van der Waals surface area contributed by atoms with Crippen LogP contribution in [-0.2, 0) is 0 Å². The largest absolute Gasteiger partial charge is 0.354 e. The summed E-state index contributed by atoms with van der Waals surface area (Å²) in [4.78, 5) is 24.0.